The van der Waals surface area contributed by atoms with Gasteiger partial charge in [0.1, 0.15) is 6.10 Å². The highest BCUT2D eigenvalue weighted by Crippen LogP contribution is 2.29. The van der Waals surface area contributed by atoms with Gasteiger partial charge in [-0.25, -0.2) is 0 Å². The molecule has 114 valence electrons. The van der Waals surface area contributed by atoms with Gasteiger partial charge >= 0.3 is 0 Å². The summed E-state index contributed by atoms with van der Waals surface area (Å²) < 4.78 is 6.74. The number of halogens is 1. The van der Waals surface area contributed by atoms with E-state index in [-0.39, 0.29) is 12.0 Å². The van der Waals surface area contributed by atoms with E-state index in [1.807, 2.05) is 4.90 Å². The number of hydrogen-bond acceptors (Lipinski definition) is 2. The summed E-state index contributed by atoms with van der Waals surface area (Å²) in [6, 6.07) is 8.58. The molecule has 0 spiro atoms. The fourth-order valence-electron chi connectivity index (χ4n) is 3.31. The number of nitrogens with zero attached hydrogens (tertiary/aromatic N) is 1. The van der Waals surface area contributed by atoms with Crippen molar-refractivity contribution in [1.82, 2.24) is 4.90 Å². The van der Waals surface area contributed by atoms with Crippen LogP contribution in [0.1, 0.15) is 43.6 Å². The number of carbonyl (C=O) groups excluding carboxylic acids is 1. The van der Waals surface area contributed by atoms with Crippen LogP contribution in [-0.2, 0) is 9.53 Å². The van der Waals surface area contributed by atoms with Crippen LogP contribution >= 0.6 is 15.9 Å². The van der Waals surface area contributed by atoms with Crippen LogP contribution < -0.4 is 0 Å². The number of hydrogen-bond donors (Lipinski definition) is 0. The molecule has 1 amide bonds. The van der Waals surface area contributed by atoms with Crippen LogP contribution in [0.15, 0.2) is 28.7 Å². The molecule has 0 radical (unpaired) electrons. The fraction of sp³-hybridized carbons (Fsp3) is 0.588. The maximum Gasteiger partial charge on any atom is 0.251 e. The lowest BCUT2D eigenvalue weighted by Gasteiger charge is -2.35. The van der Waals surface area contributed by atoms with Gasteiger partial charge in [0.05, 0.1) is 0 Å². The molecule has 4 heteroatoms. The van der Waals surface area contributed by atoms with Gasteiger partial charge in [-0.15, -0.1) is 0 Å². The molecule has 1 aromatic carbocycles. The molecule has 2 fully saturated rings. The molecule has 3 rings (SSSR count). The molecular weight excluding hydrogens is 330 g/mol. The van der Waals surface area contributed by atoms with E-state index in [0.717, 1.165) is 56.3 Å². The predicted octanol–water partition coefficient (Wildman–Crippen LogP) is 3.72. The van der Waals surface area contributed by atoms with Gasteiger partial charge in [-0.2, -0.15) is 0 Å². The van der Waals surface area contributed by atoms with E-state index in [0.29, 0.717) is 5.92 Å². The van der Waals surface area contributed by atoms with Crippen molar-refractivity contribution < 1.29 is 9.53 Å². The largest absolute Gasteiger partial charge is 0.368 e. The van der Waals surface area contributed by atoms with E-state index in [1.165, 1.54) is 5.56 Å². The smallest absolute Gasteiger partial charge is 0.251 e. The van der Waals surface area contributed by atoms with Crippen molar-refractivity contribution >= 4 is 21.8 Å². The van der Waals surface area contributed by atoms with Crippen LogP contribution in [0.3, 0.4) is 0 Å². The lowest BCUT2D eigenvalue weighted by Crippen LogP contribution is -2.45. The number of piperidine rings is 1. The zero-order valence-electron chi connectivity index (χ0n) is 12.3. The topological polar surface area (TPSA) is 29.5 Å². The van der Waals surface area contributed by atoms with Crippen molar-refractivity contribution in [3.05, 3.63) is 34.3 Å². The summed E-state index contributed by atoms with van der Waals surface area (Å²) in [6.07, 6.45) is 5.04. The minimum Gasteiger partial charge on any atom is -0.368 e. The molecule has 21 heavy (non-hydrogen) atoms. The molecule has 2 aliphatic heterocycles. The molecule has 0 bridgehead atoms. The zero-order valence-corrected chi connectivity index (χ0v) is 13.8. The van der Waals surface area contributed by atoms with Gasteiger partial charge < -0.3 is 9.64 Å². The second-order valence-corrected chi connectivity index (χ2v) is 6.92. The second kappa shape index (κ2) is 6.93. The van der Waals surface area contributed by atoms with Gasteiger partial charge in [-0.1, -0.05) is 28.1 Å². The van der Waals surface area contributed by atoms with Crippen LogP contribution in [0.4, 0.5) is 0 Å². The number of benzene rings is 1. The Morgan fingerprint density at radius 1 is 1.10 bits per heavy atom. The molecule has 0 saturated carbocycles. The molecule has 1 unspecified atom stereocenters. The van der Waals surface area contributed by atoms with Gasteiger partial charge in [0, 0.05) is 24.2 Å². The maximum absolute atomic E-state index is 12.4. The summed E-state index contributed by atoms with van der Waals surface area (Å²) in [5.74, 6) is 0.790. The van der Waals surface area contributed by atoms with Crippen LogP contribution in [0.5, 0.6) is 0 Å². The first-order valence-electron chi connectivity index (χ1n) is 7.90. The Labute approximate surface area is 134 Å². The number of ether oxygens (including phenoxy) is 1. The van der Waals surface area contributed by atoms with Crippen molar-refractivity contribution in [1.29, 1.82) is 0 Å². The maximum atomic E-state index is 12.4. The second-order valence-electron chi connectivity index (χ2n) is 6.01. The van der Waals surface area contributed by atoms with Gasteiger partial charge in [0.15, 0.2) is 0 Å². The van der Waals surface area contributed by atoms with E-state index in [4.69, 9.17) is 4.74 Å². The Hall–Kier alpha value is -0.870. The fourth-order valence-corrected chi connectivity index (χ4v) is 3.57. The van der Waals surface area contributed by atoms with E-state index in [1.54, 1.807) is 0 Å². The monoisotopic (exact) mass is 351 g/mol. The molecule has 3 nitrogen and oxygen atoms in total. The van der Waals surface area contributed by atoms with Crippen LogP contribution in [-0.4, -0.2) is 36.6 Å². The van der Waals surface area contributed by atoms with Crippen LogP contribution in [0.2, 0.25) is 0 Å². The minimum absolute atomic E-state index is 0.178. The van der Waals surface area contributed by atoms with E-state index < -0.39 is 0 Å². The highest BCUT2D eigenvalue weighted by Gasteiger charge is 2.30. The van der Waals surface area contributed by atoms with Gasteiger partial charge in [0.25, 0.3) is 5.91 Å². The van der Waals surface area contributed by atoms with Crippen molar-refractivity contribution in [3.63, 3.8) is 0 Å². The summed E-state index contributed by atoms with van der Waals surface area (Å²) in [5, 5.41) is 0. The first-order valence-corrected chi connectivity index (χ1v) is 8.69. The lowest BCUT2D eigenvalue weighted by molar-refractivity contribution is -0.147. The third-order valence-electron chi connectivity index (χ3n) is 4.60. The van der Waals surface area contributed by atoms with Crippen molar-refractivity contribution in [3.8, 4) is 0 Å². The summed E-state index contributed by atoms with van der Waals surface area (Å²) >= 11 is 3.48. The highest BCUT2D eigenvalue weighted by molar-refractivity contribution is 9.10. The molecule has 2 heterocycles. The number of likely N-dealkylation sites (tertiary alicyclic amines) is 1. The van der Waals surface area contributed by atoms with E-state index in [2.05, 4.69) is 40.2 Å². The molecule has 1 atom stereocenters. The highest BCUT2D eigenvalue weighted by atomic mass is 79.9. The first kappa shape index (κ1) is 15.0. The van der Waals surface area contributed by atoms with Gasteiger partial charge in [-0.05, 0) is 55.7 Å². The Balaban J connectivity index is 1.54. The van der Waals surface area contributed by atoms with Crippen molar-refractivity contribution in [2.24, 2.45) is 0 Å². The average molecular weight is 352 g/mol. The minimum atomic E-state index is -0.178. The molecular formula is C17H22BrNO2. The average Bonchev–Trinajstić information content (AvgIpc) is 2.56. The summed E-state index contributed by atoms with van der Waals surface area (Å²) in [5.41, 5.74) is 1.39. The molecule has 0 N–H and O–H groups in total. The lowest BCUT2D eigenvalue weighted by atomic mass is 9.89. The quantitative estimate of drug-likeness (QED) is 0.812. The number of amides is 1. The molecule has 2 saturated heterocycles. The van der Waals surface area contributed by atoms with Crippen molar-refractivity contribution in [2.75, 3.05) is 19.7 Å². The Morgan fingerprint density at radius 3 is 2.43 bits per heavy atom. The number of carbonyl (C=O) groups is 1. The van der Waals surface area contributed by atoms with Gasteiger partial charge in [-0.3, -0.25) is 4.79 Å². The molecule has 0 aliphatic carbocycles. The van der Waals surface area contributed by atoms with Crippen LogP contribution in [0.25, 0.3) is 0 Å². The standard InChI is InChI=1S/C17H22BrNO2/c18-15-6-4-13(5-7-15)14-8-10-19(11-9-14)17(20)16-3-1-2-12-21-16/h4-7,14,16H,1-3,8-12H2. The van der Waals surface area contributed by atoms with Gasteiger partial charge in [0.2, 0.25) is 0 Å². The SMILES string of the molecule is O=C(C1CCCCO1)N1CCC(c2ccc(Br)cc2)CC1. The van der Waals surface area contributed by atoms with E-state index in [9.17, 15) is 4.79 Å². The molecule has 1 aromatic rings. The summed E-state index contributed by atoms with van der Waals surface area (Å²) in [7, 11) is 0. The Morgan fingerprint density at radius 2 is 1.81 bits per heavy atom. The zero-order chi connectivity index (χ0) is 14.7. The predicted molar refractivity (Wildman–Crippen MR) is 86.3 cm³/mol. The van der Waals surface area contributed by atoms with Crippen molar-refractivity contribution in [2.45, 2.75) is 44.1 Å². The Bertz CT molecular complexity index is 474. The van der Waals surface area contributed by atoms with Crippen LogP contribution in [0, 0.1) is 0 Å². The molecule has 2 aliphatic rings. The third-order valence-corrected chi connectivity index (χ3v) is 5.13. The normalized spacial score (nSPS) is 24.0. The van der Waals surface area contributed by atoms with E-state index >= 15 is 0 Å². The Kier molecular flexibility index (Phi) is 4.96. The third kappa shape index (κ3) is 3.67. The summed E-state index contributed by atoms with van der Waals surface area (Å²) in [4.78, 5) is 14.4. The molecule has 0 aromatic heterocycles. The first-order chi connectivity index (χ1) is 10.2. The summed E-state index contributed by atoms with van der Waals surface area (Å²) in [6.45, 7) is 2.46. The number of rotatable bonds is 2.